The summed E-state index contributed by atoms with van der Waals surface area (Å²) >= 11 is 0. The Morgan fingerprint density at radius 1 is 1.10 bits per heavy atom. The highest BCUT2D eigenvalue weighted by Gasteiger charge is 2.10. The van der Waals surface area contributed by atoms with Gasteiger partial charge in [0, 0.05) is 18.2 Å². The largest absolute Gasteiger partial charge is 0.365 e. The third-order valence-corrected chi connectivity index (χ3v) is 3.15. The van der Waals surface area contributed by atoms with Gasteiger partial charge in [-0.3, -0.25) is 14.3 Å². The zero-order valence-electron chi connectivity index (χ0n) is 11.9. The van der Waals surface area contributed by atoms with E-state index in [2.05, 4.69) is 10.3 Å². The van der Waals surface area contributed by atoms with Crippen molar-refractivity contribution in [2.24, 2.45) is 0 Å². The van der Waals surface area contributed by atoms with E-state index >= 15 is 0 Å². The normalized spacial score (nSPS) is 12.4. The SMILES string of the molecule is CC(C)n1c(=O)cc(N[C@H](C)c2ccccc2)[nH]c1=O. The Labute approximate surface area is 117 Å². The average molecular weight is 273 g/mol. The minimum Gasteiger partial charge on any atom is -0.365 e. The van der Waals surface area contributed by atoms with Crippen LogP contribution in [0.15, 0.2) is 46.0 Å². The van der Waals surface area contributed by atoms with Crippen molar-refractivity contribution < 1.29 is 0 Å². The Morgan fingerprint density at radius 3 is 2.30 bits per heavy atom. The van der Waals surface area contributed by atoms with Crippen LogP contribution in [0.3, 0.4) is 0 Å². The molecule has 2 aromatic rings. The van der Waals surface area contributed by atoms with Crippen LogP contribution in [0, 0.1) is 0 Å². The van der Waals surface area contributed by atoms with Crippen LogP contribution in [-0.4, -0.2) is 9.55 Å². The number of rotatable bonds is 4. The lowest BCUT2D eigenvalue weighted by Gasteiger charge is -2.16. The second-order valence-corrected chi connectivity index (χ2v) is 5.07. The molecule has 0 unspecified atom stereocenters. The molecule has 2 rings (SSSR count). The maximum Gasteiger partial charge on any atom is 0.330 e. The molecular formula is C15H19N3O2. The number of aromatic amines is 1. The molecule has 5 heteroatoms. The van der Waals surface area contributed by atoms with Crippen molar-refractivity contribution in [3.8, 4) is 0 Å². The van der Waals surface area contributed by atoms with E-state index in [0.717, 1.165) is 5.56 Å². The number of nitrogens with one attached hydrogen (secondary N) is 2. The third kappa shape index (κ3) is 2.99. The molecule has 5 nitrogen and oxygen atoms in total. The van der Waals surface area contributed by atoms with Gasteiger partial charge in [-0.2, -0.15) is 0 Å². The van der Waals surface area contributed by atoms with Gasteiger partial charge in [0.05, 0.1) is 0 Å². The first kappa shape index (κ1) is 14.1. The van der Waals surface area contributed by atoms with Crippen LogP contribution in [0.25, 0.3) is 0 Å². The minimum absolute atomic E-state index is 0.00106. The van der Waals surface area contributed by atoms with Crippen LogP contribution in [0.1, 0.15) is 38.4 Å². The molecule has 0 saturated carbocycles. The number of hydrogen-bond acceptors (Lipinski definition) is 3. The molecule has 0 bridgehead atoms. The summed E-state index contributed by atoms with van der Waals surface area (Å²) in [5.74, 6) is 0.438. The second kappa shape index (κ2) is 5.77. The molecule has 0 fully saturated rings. The van der Waals surface area contributed by atoms with E-state index in [1.807, 2.05) is 37.3 Å². The van der Waals surface area contributed by atoms with E-state index in [4.69, 9.17) is 0 Å². The van der Waals surface area contributed by atoms with Crippen molar-refractivity contribution in [2.45, 2.75) is 32.9 Å². The van der Waals surface area contributed by atoms with E-state index in [1.165, 1.54) is 10.6 Å². The third-order valence-electron chi connectivity index (χ3n) is 3.15. The quantitative estimate of drug-likeness (QED) is 0.898. The van der Waals surface area contributed by atoms with Crippen molar-refractivity contribution in [1.82, 2.24) is 9.55 Å². The fraction of sp³-hybridized carbons (Fsp3) is 0.333. The van der Waals surface area contributed by atoms with E-state index in [0.29, 0.717) is 5.82 Å². The van der Waals surface area contributed by atoms with Crippen molar-refractivity contribution in [3.63, 3.8) is 0 Å². The molecule has 0 radical (unpaired) electrons. The van der Waals surface area contributed by atoms with Gasteiger partial charge in [0.25, 0.3) is 5.56 Å². The summed E-state index contributed by atoms with van der Waals surface area (Å²) in [6.45, 7) is 5.58. The van der Waals surface area contributed by atoms with Gasteiger partial charge in [-0.1, -0.05) is 30.3 Å². The van der Waals surface area contributed by atoms with Gasteiger partial charge in [0.2, 0.25) is 0 Å². The molecule has 20 heavy (non-hydrogen) atoms. The van der Waals surface area contributed by atoms with Crippen LogP contribution in [0.2, 0.25) is 0 Å². The fourth-order valence-electron chi connectivity index (χ4n) is 2.13. The fourth-order valence-corrected chi connectivity index (χ4v) is 2.13. The number of benzene rings is 1. The highest BCUT2D eigenvalue weighted by molar-refractivity contribution is 5.36. The van der Waals surface area contributed by atoms with Gasteiger partial charge in [0.1, 0.15) is 5.82 Å². The van der Waals surface area contributed by atoms with Gasteiger partial charge >= 0.3 is 5.69 Å². The average Bonchev–Trinajstić information content (AvgIpc) is 2.38. The number of hydrogen-bond donors (Lipinski definition) is 2. The van der Waals surface area contributed by atoms with Crippen molar-refractivity contribution >= 4 is 5.82 Å². The Morgan fingerprint density at radius 2 is 1.75 bits per heavy atom. The number of anilines is 1. The zero-order valence-corrected chi connectivity index (χ0v) is 11.9. The van der Waals surface area contributed by atoms with Crippen LogP contribution in [0.5, 0.6) is 0 Å². The molecule has 0 spiro atoms. The molecule has 0 saturated heterocycles. The monoisotopic (exact) mass is 273 g/mol. The number of H-pyrrole nitrogens is 1. The Balaban J connectivity index is 2.28. The first-order valence-corrected chi connectivity index (χ1v) is 6.66. The van der Waals surface area contributed by atoms with Gasteiger partial charge in [-0.05, 0) is 26.3 Å². The van der Waals surface area contributed by atoms with E-state index in [1.54, 1.807) is 13.8 Å². The molecule has 106 valence electrons. The lowest BCUT2D eigenvalue weighted by molar-refractivity contribution is 0.546. The maximum absolute atomic E-state index is 11.9. The zero-order chi connectivity index (χ0) is 14.7. The maximum atomic E-state index is 11.9. The first-order valence-electron chi connectivity index (χ1n) is 6.66. The molecule has 2 N–H and O–H groups in total. The molecule has 1 heterocycles. The number of aromatic nitrogens is 2. The van der Waals surface area contributed by atoms with Crippen LogP contribution in [0.4, 0.5) is 5.82 Å². The summed E-state index contributed by atoms with van der Waals surface area (Å²) in [5.41, 5.74) is 0.392. The Bertz CT molecular complexity index is 655. The lowest BCUT2D eigenvalue weighted by atomic mass is 10.1. The van der Waals surface area contributed by atoms with E-state index in [9.17, 15) is 9.59 Å². The van der Waals surface area contributed by atoms with Crippen LogP contribution in [-0.2, 0) is 0 Å². The molecular weight excluding hydrogens is 254 g/mol. The summed E-state index contributed by atoms with van der Waals surface area (Å²) in [6.07, 6.45) is 0. The van der Waals surface area contributed by atoms with E-state index in [-0.39, 0.29) is 17.6 Å². The summed E-state index contributed by atoms with van der Waals surface area (Å²) in [6, 6.07) is 11.1. The Kier molecular flexibility index (Phi) is 4.08. The molecule has 0 aliphatic rings. The van der Waals surface area contributed by atoms with Gasteiger partial charge in [0.15, 0.2) is 0 Å². The van der Waals surface area contributed by atoms with Crippen LogP contribution >= 0.6 is 0 Å². The van der Waals surface area contributed by atoms with Gasteiger partial charge in [-0.15, -0.1) is 0 Å². The predicted octanol–water partition coefficient (Wildman–Crippen LogP) is 2.29. The minimum atomic E-state index is -0.393. The lowest BCUT2D eigenvalue weighted by Crippen LogP contribution is -2.36. The topological polar surface area (TPSA) is 66.9 Å². The molecule has 1 atom stereocenters. The highest BCUT2D eigenvalue weighted by Crippen LogP contribution is 2.15. The smallest absolute Gasteiger partial charge is 0.330 e. The van der Waals surface area contributed by atoms with Crippen LogP contribution < -0.4 is 16.6 Å². The highest BCUT2D eigenvalue weighted by atomic mass is 16.2. The first-order chi connectivity index (χ1) is 9.49. The van der Waals surface area contributed by atoms with Gasteiger partial charge < -0.3 is 5.32 Å². The second-order valence-electron chi connectivity index (χ2n) is 5.07. The Hall–Kier alpha value is -2.30. The van der Waals surface area contributed by atoms with Gasteiger partial charge in [-0.25, -0.2) is 4.79 Å². The van der Waals surface area contributed by atoms with Crippen molar-refractivity contribution in [1.29, 1.82) is 0 Å². The van der Waals surface area contributed by atoms with Crippen molar-refractivity contribution in [2.75, 3.05) is 5.32 Å². The summed E-state index contributed by atoms with van der Waals surface area (Å²) in [5, 5.41) is 3.14. The molecule has 0 amide bonds. The molecule has 0 aliphatic carbocycles. The van der Waals surface area contributed by atoms with E-state index < -0.39 is 5.69 Å². The molecule has 0 aliphatic heterocycles. The summed E-state index contributed by atoms with van der Waals surface area (Å²) < 4.78 is 1.19. The summed E-state index contributed by atoms with van der Waals surface area (Å²) in [7, 11) is 0. The standard InChI is InChI=1S/C15H19N3O2/c1-10(2)18-14(19)9-13(17-15(18)20)16-11(3)12-7-5-4-6-8-12/h4-11,16H,1-3H3,(H,17,20)/t11-/m1/s1. The predicted molar refractivity (Wildman–Crippen MR) is 80.2 cm³/mol. The molecule has 1 aromatic heterocycles. The molecule has 1 aromatic carbocycles. The summed E-state index contributed by atoms with van der Waals surface area (Å²) in [4.78, 5) is 26.5. The van der Waals surface area contributed by atoms with Crippen molar-refractivity contribution in [3.05, 3.63) is 62.8 Å². The number of nitrogens with zero attached hydrogens (tertiary/aromatic N) is 1.